The molecule has 2 amide bonds. The zero-order chi connectivity index (χ0) is 15.1. The lowest BCUT2D eigenvalue weighted by molar-refractivity contribution is 0.166. The molecule has 0 aromatic heterocycles. The second-order valence-corrected chi connectivity index (χ2v) is 8.11. The highest BCUT2D eigenvalue weighted by atomic mass is 32.2. The van der Waals surface area contributed by atoms with Crippen molar-refractivity contribution in [3.63, 3.8) is 0 Å². The van der Waals surface area contributed by atoms with Crippen molar-refractivity contribution in [2.24, 2.45) is 5.92 Å². The SMILES string of the molecule is CN(C)CCCC1CCN(C(=O)NC[C@H]2CCCS2)CC1. The van der Waals surface area contributed by atoms with Crippen molar-refractivity contribution in [2.75, 3.05) is 46.0 Å². The quantitative estimate of drug-likeness (QED) is 0.819. The molecule has 0 radical (unpaired) electrons. The molecular weight excluding hydrogens is 282 g/mol. The molecule has 0 bridgehead atoms. The van der Waals surface area contributed by atoms with E-state index in [1.165, 1.54) is 50.8 Å². The van der Waals surface area contributed by atoms with Crippen LogP contribution in [0.5, 0.6) is 0 Å². The number of likely N-dealkylation sites (tertiary alicyclic amines) is 1. The minimum absolute atomic E-state index is 0.161. The molecule has 2 aliphatic heterocycles. The fourth-order valence-electron chi connectivity index (χ4n) is 3.24. The van der Waals surface area contributed by atoms with Crippen LogP contribution in [0, 0.1) is 5.92 Å². The highest BCUT2D eigenvalue weighted by Gasteiger charge is 2.23. The Bertz CT molecular complexity index is 311. The molecule has 5 heteroatoms. The van der Waals surface area contributed by atoms with Crippen LogP contribution in [0.2, 0.25) is 0 Å². The first-order valence-electron chi connectivity index (χ1n) is 8.44. The largest absolute Gasteiger partial charge is 0.337 e. The molecule has 0 aromatic rings. The predicted octanol–water partition coefficient (Wildman–Crippen LogP) is 2.65. The van der Waals surface area contributed by atoms with E-state index in [4.69, 9.17) is 0 Å². The van der Waals surface area contributed by atoms with E-state index in [1.807, 2.05) is 16.7 Å². The Morgan fingerprint density at radius 2 is 2.05 bits per heavy atom. The van der Waals surface area contributed by atoms with E-state index in [0.29, 0.717) is 5.25 Å². The van der Waals surface area contributed by atoms with Crippen molar-refractivity contribution in [1.82, 2.24) is 15.1 Å². The summed E-state index contributed by atoms with van der Waals surface area (Å²) in [5.74, 6) is 2.08. The summed E-state index contributed by atoms with van der Waals surface area (Å²) in [6, 6.07) is 0.161. The number of piperidine rings is 1. The molecule has 2 saturated heterocycles. The van der Waals surface area contributed by atoms with Crippen LogP contribution in [-0.2, 0) is 0 Å². The number of rotatable bonds is 6. The summed E-state index contributed by atoms with van der Waals surface area (Å²) in [4.78, 5) is 16.4. The molecule has 1 N–H and O–H groups in total. The van der Waals surface area contributed by atoms with Crippen LogP contribution >= 0.6 is 11.8 Å². The van der Waals surface area contributed by atoms with Crippen LogP contribution < -0.4 is 5.32 Å². The average Bonchev–Trinajstić information content (AvgIpc) is 2.98. The van der Waals surface area contributed by atoms with Crippen molar-refractivity contribution in [1.29, 1.82) is 0 Å². The van der Waals surface area contributed by atoms with Crippen molar-refractivity contribution in [2.45, 2.75) is 43.8 Å². The van der Waals surface area contributed by atoms with E-state index in [2.05, 4.69) is 24.3 Å². The maximum Gasteiger partial charge on any atom is 0.317 e. The van der Waals surface area contributed by atoms with Gasteiger partial charge in [-0.2, -0.15) is 11.8 Å². The second kappa shape index (κ2) is 8.89. The van der Waals surface area contributed by atoms with Gasteiger partial charge in [-0.25, -0.2) is 4.79 Å². The molecular formula is C16H31N3OS. The van der Waals surface area contributed by atoms with Crippen molar-refractivity contribution in [3.05, 3.63) is 0 Å². The summed E-state index contributed by atoms with van der Waals surface area (Å²) in [5.41, 5.74) is 0. The highest BCUT2D eigenvalue weighted by molar-refractivity contribution is 8.00. The van der Waals surface area contributed by atoms with Gasteiger partial charge in [0.05, 0.1) is 0 Å². The lowest BCUT2D eigenvalue weighted by Gasteiger charge is -2.32. The molecule has 4 nitrogen and oxygen atoms in total. The summed E-state index contributed by atoms with van der Waals surface area (Å²) < 4.78 is 0. The Labute approximate surface area is 134 Å². The molecule has 0 aliphatic carbocycles. The van der Waals surface area contributed by atoms with E-state index in [-0.39, 0.29) is 6.03 Å². The number of amides is 2. The number of urea groups is 1. The second-order valence-electron chi connectivity index (χ2n) is 6.70. The van der Waals surface area contributed by atoms with Crippen LogP contribution in [-0.4, -0.2) is 67.1 Å². The smallest absolute Gasteiger partial charge is 0.317 e. The summed E-state index contributed by atoms with van der Waals surface area (Å²) in [6.07, 6.45) is 7.52. The van der Waals surface area contributed by atoms with Crippen molar-refractivity contribution < 1.29 is 4.79 Å². The van der Waals surface area contributed by atoms with Gasteiger partial charge in [0.2, 0.25) is 0 Å². The van der Waals surface area contributed by atoms with Crippen molar-refractivity contribution >= 4 is 17.8 Å². The number of hydrogen-bond donors (Lipinski definition) is 1. The van der Waals surface area contributed by atoms with Crippen LogP contribution in [0.4, 0.5) is 4.79 Å². The van der Waals surface area contributed by atoms with Crippen LogP contribution in [0.1, 0.15) is 38.5 Å². The van der Waals surface area contributed by atoms with Gasteiger partial charge in [0.1, 0.15) is 0 Å². The Balaban J connectivity index is 1.58. The highest BCUT2D eigenvalue weighted by Crippen LogP contribution is 2.25. The van der Waals surface area contributed by atoms with Gasteiger partial charge in [0, 0.05) is 24.9 Å². The molecule has 0 saturated carbocycles. The molecule has 2 fully saturated rings. The lowest BCUT2D eigenvalue weighted by Crippen LogP contribution is -2.45. The van der Waals surface area contributed by atoms with E-state index in [9.17, 15) is 4.79 Å². The zero-order valence-corrected chi connectivity index (χ0v) is 14.5. The first kappa shape index (κ1) is 16.9. The Hall–Kier alpha value is -0.420. The molecule has 21 heavy (non-hydrogen) atoms. The number of hydrogen-bond acceptors (Lipinski definition) is 3. The molecule has 122 valence electrons. The number of nitrogens with zero attached hydrogens (tertiary/aromatic N) is 2. The number of carbonyl (C=O) groups is 1. The molecule has 1 atom stereocenters. The minimum Gasteiger partial charge on any atom is -0.337 e. The van der Waals surface area contributed by atoms with E-state index < -0.39 is 0 Å². The van der Waals surface area contributed by atoms with E-state index in [1.54, 1.807) is 0 Å². The normalized spacial score (nSPS) is 23.8. The van der Waals surface area contributed by atoms with Gasteiger partial charge >= 0.3 is 6.03 Å². The average molecular weight is 314 g/mol. The summed E-state index contributed by atoms with van der Waals surface area (Å²) in [5, 5.41) is 3.78. The number of carbonyl (C=O) groups excluding carboxylic acids is 1. The summed E-state index contributed by atoms with van der Waals surface area (Å²) >= 11 is 2.01. The Morgan fingerprint density at radius 3 is 2.67 bits per heavy atom. The molecule has 0 unspecified atom stereocenters. The maximum atomic E-state index is 12.2. The van der Waals surface area contributed by atoms with Crippen LogP contribution in [0.15, 0.2) is 0 Å². The number of nitrogens with one attached hydrogen (secondary N) is 1. The van der Waals surface area contributed by atoms with E-state index >= 15 is 0 Å². The predicted molar refractivity (Wildman–Crippen MR) is 91.0 cm³/mol. The third-order valence-electron chi connectivity index (χ3n) is 4.62. The first-order valence-corrected chi connectivity index (χ1v) is 9.49. The molecule has 0 aromatic carbocycles. The summed E-state index contributed by atoms with van der Waals surface area (Å²) in [6.45, 7) is 3.92. The summed E-state index contributed by atoms with van der Waals surface area (Å²) in [7, 11) is 4.27. The maximum absolute atomic E-state index is 12.2. The van der Waals surface area contributed by atoms with Gasteiger partial charge in [0.25, 0.3) is 0 Å². The minimum atomic E-state index is 0.161. The van der Waals surface area contributed by atoms with Gasteiger partial charge < -0.3 is 15.1 Å². The molecule has 2 rings (SSSR count). The van der Waals surface area contributed by atoms with Gasteiger partial charge in [0.15, 0.2) is 0 Å². The standard InChI is InChI=1S/C16H31N3OS/c1-18(2)9-3-5-14-7-10-19(11-8-14)16(20)17-13-15-6-4-12-21-15/h14-15H,3-13H2,1-2H3,(H,17,20)/t15-/m1/s1. The monoisotopic (exact) mass is 313 g/mol. The van der Waals surface area contributed by atoms with Crippen LogP contribution in [0.3, 0.4) is 0 Å². The Kier molecular flexibility index (Phi) is 7.17. The fourth-order valence-corrected chi connectivity index (χ4v) is 4.44. The van der Waals surface area contributed by atoms with Gasteiger partial charge in [-0.05, 0) is 70.8 Å². The first-order chi connectivity index (χ1) is 10.1. The number of thioether (sulfide) groups is 1. The van der Waals surface area contributed by atoms with Gasteiger partial charge in [-0.1, -0.05) is 0 Å². The lowest BCUT2D eigenvalue weighted by atomic mass is 9.92. The zero-order valence-electron chi connectivity index (χ0n) is 13.6. The van der Waals surface area contributed by atoms with E-state index in [0.717, 1.165) is 25.6 Å². The molecule has 2 heterocycles. The molecule has 2 aliphatic rings. The molecule has 0 spiro atoms. The van der Waals surface area contributed by atoms with Gasteiger partial charge in [-0.3, -0.25) is 0 Å². The van der Waals surface area contributed by atoms with Crippen LogP contribution in [0.25, 0.3) is 0 Å². The van der Waals surface area contributed by atoms with Crippen molar-refractivity contribution in [3.8, 4) is 0 Å². The third kappa shape index (κ3) is 6.07. The third-order valence-corrected chi connectivity index (χ3v) is 6.02. The van der Waals surface area contributed by atoms with Gasteiger partial charge in [-0.15, -0.1) is 0 Å². The Morgan fingerprint density at radius 1 is 1.29 bits per heavy atom. The topological polar surface area (TPSA) is 35.6 Å². The fraction of sp³-hybridized carbons (Fsp3) is 0.938.